The number of aryl methyl sites for hydroxylation is 4. The molecule has 2 aromatic heterocycles. The van der Waals surface area contributed by atoms with Crippen molar-refractivity contribution in [3.8, 4) is 0 Å². The quantitative estimate of drug-likeness (QED) is 0.692. The van der Waals surface area contributed by atoms with Gasteiger partial charge in [-0.15, -0.1) is 0 Å². The van der Waals surface area contributed by atoms with E-state index >= 15 is 0 Å². The average Bonchev–Trinajstić information content (AvgIpc) is 3.08. The number of aromatic nitrogens is 4. The summed E-state index contributed by atoms with van der Waals surface area (Å²) in [5.74, 6) is 0.224. The zero-order valence-corrected chi connectivity index (χ0v) is 16.4. The third-order valence-electron chi connectivity index (χ3n) is 4.85. The first-order valence-corrected chi connectivity index (χ1v) is 9.29. The number of para-hydroxylation sites is 2. The standard InChI is InChI=1S/C20H27N5O2/c1-14(13-25-16(3)11-15(2)22-25)12-21-19(26)9-10-24-18-8-6-5-7-17(18)23(4)20(24)27/h5-8,11,14H,9-10,12-13H2,1-4H3,(H,21,26). The first-order valence-electron chi connectivity index (χ1n) is 9.29. The Hall–Kier alpha value is -2.83. The van der Waals surface area contributed by atoms with Crippen molar-refractivity contribution in [2.75, 3.05) is 6.54 Å². The fourth-order valence-electron chi connectivity index (χ4n) is 3.39. The minimum absolute atomic E-state index is 0.0462. The van der Waals surface area contributed by atoms with Crippen LogP contribution in [0.5, 0.6) is 0 Å². The molecule has 1 N–H and O–H groups in total. The van der Waals surface area contributed by atoms with E-state index in [-0.39, 0.29) is 23.9 Å². The fourth-order valence-corrected chi connectivity index (χ4v) is 3.39. The van der Waals surface area contributed by atoms with Crippen LogP contribution in [0.25, 0.3) is 11.0 Å². The first kappa shape index (κ1) is 18.9. The molecular weight excluding hydrogens is 342 g/mol. The number of nitrogens with zero attached hydrogens (tertiary/aromatic N) is 4. The largest absolute Gasteiger partial charge is 0.356 e. The van der Waals surface area contributed by atoms with Crippen molar-refractivity contribution < 1.29 is 4.79 Å². The molecule has 0 saturated heterocycles. The van der Waals surface area contributed by atoms with Gasteiger partial charge in [-0.3, -0.25) is 18.6 Å². The summed E-state index contributed by atoms with van der Waals surface area (Å²) in [6, 6.07) is 9.67. The highest BCUT2D eigenvalue weighted by Crippen LogP contribution is 2.12. The zero-order valence-electron chi connectivity index (χ0n) is 16.4. The molecule has 0 spiro atoms. The number of hydrogen-bond donors (Lipinski definition) is 1. The summed E-state index contributed by atoms with van der Waals surface area (Å²) in [4.78, 5) is 24.6. The van der Waals surface area contributed by atoms with E-state index in [1.165, 1.54) is 0 Å². The van der Waals surface area contributed by atoms with E-state index in [0.29, 0.717) is 13.1 Å². The van der Waals surface area contributed by atoms with Crippen LogP contribution >= 0.6 is 0 Å². The Morgan fingerprint density at radius 2 is 1.93 bits per heavy atom. The lowest BCUT2D eigenvalue weighted by atomic mass is 10.2. The first-order chi connectivity index (χ1) is 12.9. The van der Waals surface area contributed by atoms with Crippen molar-refractivity contribution in [2.45, 2.75) is 40.3 Å². The average molecular weight is 369 g/mol. The maximum absolute atomic E-state index is 12.4. The van der Waals surface area contributed by atoms with E-state index < -0.39 is 0 Å². The molecule has 1 aromatic carbocycles. The van der Waals surface area contributed by atoms with E-state index in [9.17, 15) is 9.59 Å². The van der Waals surface area contributed by atoms with Gasteiger partial charge in [0.25, 0.3) is 0 Å². The molecule has 0 bridgehead atoms. The summed E-state index contributed by atoms with van der Waals surface area (Å²) in [6.07, 6.45) is 0.278. The van der Waals surface area contributed by atoms with E-state index in [1.807, 2.05) is 48.9 Å². The summed E-state index contributed by atoms with van der Waals surface area (Å²) < 4.78 is 5.25. The molecule has 0 fully saturated rings. The Morgan fingerprint density at radius 3 is 2.59 bits per heavy atom. The Kier molecular flexibility index (Phi) is 5.48. The van der Waals surface area contributed by atoms with Crippen molar-refractivity contribution in [2.24, 2.45) is 13.0 Å². The smallest absolute Gasteiger partial charge is 0.328 e. The number of carbonyl (C=O) groups is 1. The van der Waals surface area contributed by atoms with Crippen molar-refractivity contribution in [1.82, 2.24) is 24.2 Å². The number of nitrogens with one attached hydrogen (secondary N) is 1. The van der Waals surface area contributed by atoms with Gasteiger partial charge in [0.2, 0.25) is 5.91 Å². The Bertz CT molecular complexity index is 1010. The van der Waals surface area contributed by atoms with E-state index in [1.54, 1.807) is 16.2 Å². The summed E-state index contributed by atoms with van der Waals surface area (Å²) in [6.45, 7) is 7.83. The SMILES string of the molecule is Cc1cc(C)n(CC(C)CNC(=O)CCn2c(=O)n(C)c3ccccc32)n1. The number of imidazole rings is 1. The third-order valence-corrected chi connectivity index (χ3v) is 4.85. The topological polar surface area (TPSA) is 73.8 Å². The van der Waals surface area contributed by atoms with E-state index in [4.69, 9.17) is 0 Å². The van der Waals surface area contributed by atoms with Crippen molar-refractivity contribution in [1.29, 1.82) is 0 Å². The summed E-state index contributed by atoms with van der Waals surface area (Å²) in [5.41, 5.74) is 3.77. The highest BCUT2D eigenvalue weighted by Gasteiger charge is 2.12. The molecule has 7 nitrogen and oxygen atoms in total. The molecule has 3 rings (SSSR count). The maximum atomic E-state index is 12.4. The molecule has 3 aromatic rings. The molecule has 1 amide bonds. The van der Waals surface area contributed by atoms with Crippen LogP contribution < -0.4 is 11.0 Å². The van der Waals surface area contributed by atoms with Crippen LogP contribution in [0.15, 0.2) is 35.1 Å². The molecular formula is C20H27N5O2. The van der Waals surface area contributed by atoms with Crippen LogP contribution in [0.4, 0.5) is 0 Å². The molecule has 0 aliphatic rings. The van der Waals surface area contributed by atoms with Gasteiger partial charge in [0, 0.05) is 38.8 Å². The van der Waals surface area contributed by atoms with Crippen LogP contribution in [0.2, 0.25) is 0 Å². The highest BCUT2D eigenvalue weighted by molar-refractivity contribution is 5.77. The van der Waals surface area contributed by atoms with Gasteiger partial charge in [-0.05, 0) is 38.0 Å². The van der Waals surface area contributed by atoms with Crippen LogP contribution in [0.1, 0.15) is 24.7 Å². The zero-order chi connectivity index (χ0) is 19.6. The lowest BCUT2D eigenvalue weighted by Crippen LogP contribution is -2.32. The molecule has 27 heavy (non-hydrogen) atoms. The Balaban J connectivity index is 1.54. The summed E-state index contributed by atoms with van der Waals surface area (Å²) in [7, 11) is 1.75. The summed E-state index contributed by atoms with van der Waals surface area (Å²) >= 11 is 0. The van der Waals surface area contributed by atoms with Crippen LogP contribution in [0.3, 0.4) is 0 Å². The predicted octanol–water partition coefficient (Wildman–Crippen LogP) is 2.00. The minimum Gasteiger partial charge on any atom is -0.356 e. The van der Waals surface area contributed by atoms with Crippen molar-refractivity contribution >= 4 is 16.9 Å². The summed E-state index contributed by atoms with van der Waals surface area (Å²) in [5, 5.41) is 7.43. The van der Waals surface area contributed by atoms with Crippen LogP contribution in [-0.2, 0) is 24.9 Å². The number of benzene rings is 1. The second-order valence-corrected chi connectivity index (χ2v) is 7.25. The van der Waals surface area contributed by atoms with Gasteiger partial charge in [-0.1, -0.05) is 19.1 Å². The van der Waals surface area contributed by atoms with Gasteiger partial charge in [0.1, 0.15) is 0 Å². The predicted molar refractivity (Wildman–Crippen MR) is 106 cm³/mol. The fraction of sp³-hybridized carbons (Fsp3) is 0.450. The normalized spacial score (nSPS) is 12.4. The van der Waals surface area contributed by atoms with Crippen molar-refractivity contribution in [3.05, 3.63) is 52.2 Å². The third kappa shape index (κ3) is 4.13. The molecule has 0 radical (unpaired) electrons. The number of fused-ring (bicyclic) bond motifs is 1. The lowest BCUT2D eigenvalue weighted by Gasteiger charge is -2.14. The molecule has 7 heteroatoms. The molecule has 0 aliphatic carbocycles. The van der Waals surface area contributed by atoms with Gasteiger partial charge < -0.3 is 5.32 Å². The molecule has 144 valence electrons. The van der Waals surface area contributed by atoms with Crippen molar-refractivity contribution in [3.63, 3.8) is 0 Å². The number of rotatable bonds is 7. The van der Waals surface area contributed by atoms with Crippen LogP contribution in [0, 0.1) is 19.8 Å². The van der Waals surface area contributed by atoms with Crippen LogP contribution in [-0.4, -0.2) is 31.4 Å². The number of amides is 1. The number of hydrogen-bond acceptors (Lipinski definition) is 3. The van der Waals surface area contributed by atoms with Gasteiger partial charge in [0.15, 0.2) is 0 Å². The monoisotopic (exact) mass is 369 g/mol. The van der Waals surface area contributed by atoms with E-state index in [2.05, 4.69) is 17.3 Å². The molecule has 2 heterocycles. The molecule has 0 saturated carbocycles. The highest BCUT2D eigenvalue weighted by atomic mass is 16.2. The lowest BCUT2D eigenvalue weighted by molar-refractivity contribution is -0.121. The van der Waals surface area contributed by atoms with Gasteiger partial charge in [-0.25, -0.2) is 4.79 Å². The molecule has 1 atom stereocenters. The van der Waals surface area contributed by atoms with E-state index in [0.717, 1.165) is 29.0 Å². The van der Waals surface area contributed by atoms with Gasteiger partial charge in [0.05, 0.1) is 16.7 Å². The second-order valence-electron chi connectivity index (χ2n) is 7.25. The minimum atomic E-state index is -0.0955. The number of carbonyl (C=O) groups excluding carboxylic acids is 1. The molecule has 0 aliphatic heterocycles. The Morgan fingerprint density at radius 1 is 1.22 bits per heavy atom. The second kappa shape index (κ2) is 7.82. The Labute approximate surface area is 158 Å². The maximum Gasteiger partial charge on any atom is 0.328 e. The van der Waals surface area contributed by atoms with Gasteiger partial charge >= 0.3 is 5.69 Å². The molecule has 1 unspecified atom stereocenters. The van der Waals surface area contributed by atoms with Gasteiger partial charge in [-0.2, -0.15) is 5.10 Å².